The zero-order valence-corrected chi connectivity index (χ0v) is 17.6. The molecule has 0 aliphatic heterocycles. The van der Waals surface area contributed by atoms with E-state index in [1.54, 1.807) is 31.5 Å². The van der Waals surface area contributed by atoms with Crippen LogP contribution in [0.4, 0.5) is 14.6 Å². The van der Waals surface area contributed by atoms with Gasteiger partial charge in [-0.1, -0.05) is 6.08 Å². The first-order chi connectivity index (χ1) is 15.1. The number of hydrogen-bond donors (Lipinski definition) is 2. The number of halogens is 2. The predicted octanol–water partition coefficient (Wildman–Crippen LogP) is 3.51. The molecule has 1 aliphatic rings. The van der Waals surface area contributed by atoms with E-state index in [0.29, 0.717) is 34.1 Å². The summed E-state index contributed by atoms with van der Waals surface area (Å²) < 4.78 is 27.6. The normalized spacial score (nSPS) is 17.7. The topological polar surface area (TPSA) is 97.1 Å². The zero-order valence-electron chi connectivity index (χ0n) is 17.6. The van der Waals surface area contributed by atoms with Crippen molar-refractivity contribution in [3.8, 4) is 11.1 Å². The largest absolute Gasteiger partial charge is 0.386 e. The van der Waals surface area contributed by atoms with Crippen molar-refractivity contribution in [2.45, 2.75) is 31.8 Å². The van der Waals surface area contributed by atoms with Gasteiger partial charge in [0.2, 0.25) is 5.91 Å². The molecule has 3 heterocycles. The summed E-state index contributed by atoms with van der Waals surface area (Å²) >= 11 is 0. The predicted molar refractivity (Wildman–Crippen MR) is 116 cm³/mol. The van der Waals surface area contributed by atoms with Crippen LogP contribution in [-0.2, 0) is 11.8 Å². The van der Waals surface area contributed by atoms with Gasteiger partial charge in [0, 0.05) is 48.4 Å². The van der Waals surface area contributed by atoms with Crippen LogP contribution in [0.5, 0.6) is 0 Å². The number of hydrogen-bond acceptors (Lipinski definition) is 5. The Labute approximate surface area is 182 Å². The van der Waals surface area contributed by atoms with Gasteiger partial charge in [-0.15, -0.1) is 6.58 Å². The van der Waals surface area contributed by atoms with Crippen molar-refractivity contribution < 1.29 is 18.7 Å². The van der Waals surface area contributed by atoms with Crippen LogP contribution in [0.2, 0.25) is 0 Å². The van der Waals surface area contributed by atoms with Gasteiger partial charge in [-0.3, -0.25) is 14.6 Å². The molecule has 1 amide bonds. The molecule has 1 fully saturated rings. The summed E-state index contributed by atoms with van der Waals surface area (Å²) in [6, 6.07) is 4.89. The highest BCUT2D eigenvalue weighted by atomic mass is 19.3. The monoisotopic (exact) mass is 440 g/mol. The number of amides is 1. The molecule has 1 saturated carbocycles. The lowest BCUT2D eigenvalue weighted by Gasteiger charge is -2.14. The van der Waals surface area contributed by atoms with Gasteiger partial charge in [-0.05, 0) is 31.0 Å². The zero-order chi connectivity index (χ0) is 23.2. The number of fused-ring (bicyclic) bond motifs is 1. The number of aliphatic hydroxyl groups excluding tert-OH is 1. The molecule has 7 nitrogen and oxygen atoms in total. The molecule has 0 spiro atoms. The van der Waals surface area contributed by atoms with Crippen LogP contribution in [-0.4, -0.2) is 31.5 Å². The Kier molecular flexibility index (Phi) is 5.37. The van der Waals surface area contributed by atoms with Crippen LogP contribution < -0.4 is 10.9 Å². The third-order valence-corrected chi connectivity index (χ3v) is 5.66. The Morgan fingerprint density at radius 1 is 1.34 bits per heavy atom. The smallest absolute Gasteiger partial charge is 0.260 e. The summed E-state index contributed by atoms with van der Waals surface area (Å²) in [6.45, 7) is 5.44. The molecule has 166 valence electrons. The Bertz CT molecular complexity index is 1300. The summed E-state index contributed by atoms with van der Waals surface area (Å²) in [4.78, 5) is 33.4. The molecule has 0 radical (unpaired) electrons. The number of nitrogens with one attached hydrogen (secondary N) is 1. The average molecular weight is 440 g/mol. The fourth-order valence-electron chi connectivity index (χ4n) is 3.66. The molecule has 1 aliphatic carbocycles. The Hall–Kier alpha value is -3.46. The number of nitrogens with zero attached hydrogens (tertiary/aromatic N) is 3. The summed E-state index contributed by atoms with van der Waals surface area (Å²) in [5.41, 5.74) is 2.50. The fraction of sp³-hybridized carbons (Fsp3) is 0.304. The summed E-state index contributed by atoms with van der Waals surface area (Å²) in [6.07, 6.45) is 3.76. The van der Waals surface area contributed by atoms with Gasteiger partial charge in [0.05, 0.1) is 17.3 Å². The van der Waals surface area contributed by atoms with E-state index >= 15 is 0 Å². The van der Waals surface area contributed by atoms with Crippen LogP contribution in [0, 0.1) is 12.8 Å². The molecule has 3 aromatic rings. The van der Waals surface area contributed by atoms with Crippen molar-refractivity contribution in [2.75, 3.05) is 5.32 Å². The van der Waals surface area contributed by atoms with Crippen molar-refractivity contribution in [3.05, 3.63) is 64.9 Å². The molecule has 9 heteroatoms. The minimum atomic E-state index is -2.97. The Balaban J connectivity index is 1.69. The number of aromatic nitrogens is 3. The van der Waals surface area contributed by atoms with E-state index in [0.717, 1.165) is 5.56 Å². The molecule has 0 aromatic carbocycles. The highest BCUT2D eigenvalue weighted by molar-refractivity contribution is 5.96. The number of alkyl halides is 2. The molecule has 4 rings (SSSR count). The lowest BCUT2D eigenvalue weighted by Crippen LogP contribution is -2.21. The molecule has 0 bridgehead atoms. The SMILES string of the molecule is C=CCC(O)c1cc(C)c(-c2cc3cnc(NC(=O)C4CC4(F)F)cc3n(C)c2=O)cn1. The second-order valence-corrected chi connectivity index (χ2v) is 8.02. The summed E-state index contributed by atoms with van der Waals surface area (Å²) in [7, 11) is 1.58. The number of pyridine rings is 3. The van der Waals surface area contributed by atoms with E-state index < -0.39 is 30.3 Å². The lowest BCUT2D eigenvalue weighted by atomic mass is 10.0. The second kappa shape index (κ2) is 7.90. The molecule has 0 saturated heterocycles. The van der Waals surface area contributed by atoms with Crippen LogP contribution in [0.15, 0.2) is 48.0 Å². The van der Waals surface area contributed by atoms with E-state index in [2.05, 4.69) is 21.9 Å². The van der Waals surface area contributed by atoms with Crippen molar-refractivity contribution in [3.63, 3.8) is 0 Å². The second-order valence-electron chi connectivity index (χ2n) is 8.02. The minimum Gasteiger partial charge on any atom is -0.386 e. The van der Waals surface area contributed by atoms with Crippen molar-refractivity contribution >= 4 is 22.6 Å². The van der Waals surface area contributed by atoms with E-state index in [4.69, 9.17) is 0 Å². The van der Waals surface area contributed by atoms with Gasteiger partial charge in [-0.25, -0.2) is 13.8 Å². The number of aryl methyl sites for hydroxylation is 2. The van der Waals surface area contributed by atoms with Crippen molar-refractivity contribution in [2.24, 2.45) is 13.0 Å². The van der Waals surface area contributed by atoms with Gasteiger partial charge in [0.25, 0.3) is 11.5 Å². The van der Waals surface area contributed by atoms with Gasteiger partial charge in [-0.2, -0.15) is 0 Å². The van der Waals surface area contributed by atoms with Gasteiger partial charge in [0.1, 0.15) is 11.7 Å². The van der Waals surface area contributed by atoms with Gasteiger partial charge >= 0.3 is 0 Å². The maximum Gasteiger partial charge on any atom is 0.260 e. The third-order valence-electron chi connectivity index (χ3n) is 5.66. The summed E-state index contributed by atoms with van der Waals surface area (Å²) in [5, 5.41) is 13.1. The van der Waals surface area contributed by atoms with Gasteiger partial charge < -0.3 is 15.0 Å². The maximum atomic E-state index is 13.1. The first kappa shape index (κ1) is 21.8. The van der Waals surface area contributed by atoms with Crippen LogP contribution in [0.1, 0.15) is 30.2 Å². The van der Waals surface area contributed by atoms with E-state index in [1.165, 1.54) is 16.8 Å². The summed E-state index contributed by atoms with van der Waals surface area (Å²) in [5.74, 6) is -4.99. The van der Waals surface area contributed by atoms with Gasteiger partial charge in [0.15, 0.2) is 0 Å². The van der Waals surface area contributed by atoms with Crippen molar-refractivity contribution in [1.82, 2.24) is 14.5 Å². The highest BCUT2D eigenvalue weighted by Gasteiger charge is 2.61. The molecule has 32 heavy (non-hydrogen) atoms. The fourth-order valence-corrected chi connectivity index (χ4v) is 3.66. The number of carbonyl (C=O) groups excluding carboxylic acids is 1. The molecule has 2 atom stereocenters. The molecule has 3 aromatic heterocycles. The standard InChI is InChI=1S/C23H22F2N4O3/c1-4-5-19(30)17-6-12(2)15(11-26-17)14-7-13-10-27-20(8-18(13)29(3)22(14)32)28-21(31)16-9-23(16,24)25/h4,6-8,10-11,16,19,30H,1,5,9H2,2-3H3,(H,27,28,31). The molecular weight excluding hydrogens is 418 g/mol. The van der Waals surface area contributed by atoms with Crippen LogP contribution >= 0.6 is 0 Å². The third kappa shape index (κ3) is 3.91. The lowest BCUT2D eigenvalue weighted by molar-refractivity contribution is -0.119. The van der Waals surface area contributed by atoms with Crippen LogP contribution in [0.3, 0.4) is 0 Å². The average Bonchev–Trinajstić information content (AvgIpc) is 3.40. The molecule has 2 unspecified atom stereocenters. The van der Waals surface area contributed by atoms with Crippen molar-refractivity contribution in [1.29, 1.82) is 0 Å². The number of aliphatic hydroxyl groups is 1. The first-order valence-corrected chi connectivity index (χ1v) is 10.1. The van der Waals surface area contributed by atoms with E-state index in [9.17, 15) is 23.5 Å². The quantitative estimate of drug-likeness (QED) is 0.572. The number of carbonyl (C=O) groups is 1. The maximum absolute atomic E-state index is 13.1. The first-order valence-electron chi connectivity index (χ1n) is 10.1. The van der Waals surface area contributed by atoms with Crippen LogP contribution in [0.25, 0.3) is 22.0 Å². The molecule has 2 N–H and O–H groups in total. The van der Waals surface area contributed by atoms with E-state index in [-0.39, 0.29) is 11.4 Å². The minimum absolute atomic E-state index is 0.103. The Morgan fingerprint density at radius 3 is 2.69 bits per heavy atom. The van der Waals surface area contributed by atoms with E-state index in [1.807, 2.05) is 6.92 Å². The highest BCUT2D eigenvalue weighted by Crippen LogP contribution is 2.49. The molecular formula is C23H22F2N4O3. The Morgan fingerprint density at radius 2 is 2.06 bits per heavy atom. The number of anilines is 1. The number of rotatable bonds is 6.